The molecular formula is C20H20F3N5O. The number of nitrogens with one attached hydrogen (secondary N) is 1. The molecule has 1 amide bonds. The molecule has 0 unspecified atom stereocenters. The molecule has 0 atom stereocenters. The van der Waals surface area contributed by atoms with Gasteiger partial charge < -0.3 is 5.32 Å². The molecule has 6 nitrogen and oxygen atoms in total. The number of halogens is 3. The summed E-state index contributed by atoms with van der Waals surface area (Å²) in [5.74, 6) is 0.979. The van der Waals surface area contributed by atoms with Gasteiger partial charge in [0, 0.05) is 17.8 Å². The molecule has 1 N–H and O–H groups in total. The monoisotopic (exact) mass is 403 g/mol. The molecule has 0 bridgehead atoms. The summed E-state index contributed by atoms with van der Waals surface area (Å²) in [6, 6.07) is 10.2. The van der Waals surface area contributed by atoms with Gasteiger partial charge in [-0.25, -0.2) is 0 Å². The molecule has 2 aromatic heterocycles. The van der Waals surface area contributed by atoms with Crippen LogP contribution in [0.1, 0.15) is 30.1 Å². The molecule has 29 heavy (non-hydrogen) atoms. The van der Waals surface area contributed by atoms with E-state index in [1.54, 1.807) is 0 Å². The van der Waals surface area contributed by atoms with Crippen molar-refractivity contribution >= 4 is 17.2 Å². The van der Waals surface area contributed by atoms with Crippen LogP contribution in [0.25, 0.3) is 5.65 Å². The maximum absolute atomic E-state index is 12.6. The zero-order valence-corrected chi connectivity index (χ0v) is 15.6. The fourth-order valence-corrected chi connectivity index (χ4v) is 3.63. The van der Waals surface area contributed by atoms with Gasteiger partial charge in [-0.2, -0.15) is 13.2 Å². The van der Waals surface area contributed by atoms with Gasteiger partial charge in [0.2, 0.25) is 5.91 Å². The second-order valence-corrected chi connectivity index (χ2v) is 7.16. The Labute approximate surface area is 165 Å². The molecule has 1 fully saturated rings. The molecule has 1 aliphatic heterocycles. The van der Waals surface area contributed by atoms with E-state index in [1.807, 2.05) is 33.7 Å². The highest BCUT2D eigenvalue weighted by atomic mass is 19.4. The van der Waals surface area contributed by atoms with Gasteiger partial charge in [0.1, 0.15) is 5.82 Å². The van der Waals surface area contributed by atoms with Gasteiger partial charge in [-0.1, -0.05) is 6.07 Å². The standard InChI is InChI=1S/C20H20F3N5O/c21-20(22,23)15-4-6-16(7-5-15)24-18(29)13-27-11-8-14(9-12-27)19-26-25-17-3-1-2-10-28(17)19/h1-7,10,14H,8-9,11-13H2,(H,24,29). The Morgan fingerprint density at radius 1 is 1.07 bits per heavy atom. The van der Waals surface area contributed by atoms with Gasteiger partial charge in [-0.3, -0.25) is 14.1 Å². The SMILES string of the molecule is O=C(CN1CCC(c2nnc3ccccn23)CC1)Nc1ccc(C(F)(F)F)cc1. The first-order valence-electron chi connectivity index (χ1n) is 9.39. The Kier molecular flexibility index (Phi) is 5.23. The lowest BCUT2D eigenvalue weighted by molar-refractivity contribution is -0.137. The molecule has 0 radical (unpaired) electrons. The van der Waals surface area contributed by atoms with E-state index in [1.165, 1.54) is 12.1 Å². The number of nitrogens with zero attached hydrogens (tertiary/aromatic N) is 4. The van der Waals surface area contributed by atoms with E-state index in [-0.39, 0.29) is 18.4 Å². The lowest BCUT2D eigenvalue weighted by Gasteiger charge is -2.30. The second kappa shape index (κ2) is 7.82. The molecule has 4 rings (SSSR count). The number of likely N-dealkylation sites (tertiary alicyclic amines) is 1. The number of pyridine rings is 1. The van der Waals surface area contributed by atoms with Crippen molar-refractivity contribution in [3.8, 4) is 0 Å². The van der Waals surface area contributed by atoms with Gasteiger partial charge >= 0.3 is 6.18 Å². The van der Waals surface area contributed by atoms with Gasteiger partial charge in [0.15, 0.2) is 5.65 Å². The third kappa shape index (κ3) is 4.40. The van der Waals surface area contributed by atoms with Crippen LogP contribution in [0.2, 0.25) is 0 Å². The van der Waals surface area contributed by atoms with E-state index in [9.17, 15) is 18.0 Å². The molecule has 9 heteroatoms. The Hall–Kier alpha value is -2.94. The average molecular weight is 403 g/mol. The number of anilines is 1. The number of fused-ring (bicyclic) bond motifs is 1. The molecule has 152 valence electrons. The number of amides is 1. The van der Waals surface area contributed by atoms with Crippen LogP contribution < -0.4 is 5.32 Å². The van der Waals surface area contributed by atoms with Crippen LogP contribution in [0.15, 0.2) is 48.7 Å². The number of piperidine rings is 1. The maximum Gasteiger partial charge on any atom is 0.416 e. The summed E-state index contributed by atoms with van der Waals surface area (Å²) in [6.45, 7) is 1.69. The van der Waals surface area contributed by atoms with Crippen LogP contribution in [-0.2, 0) is 11.0 Å². The predicted molar refractivity (Wildman–Crippen MR) is 101 cm³/mol. The van der Waals surface area contributed by atoms with Gasteiger partial charge in [-0.05, 0) is 62.3 Å². The summed E-state index contributed by atoms with van der Waals surface area (Å²) in [7, 11) is 0. The van der Waals surface area contributed by atoms with Crippen LogP contribution in [-0.4, -0.2) is 45.0 Å². The summed E-state index contributed by atoms with van der Waals surface area (Å²) in [4.78, 5) is 14.3. The molecule has 1 aliphatic rings. The van der Waals surface area contributed by atoms with E-state index in [0.29, 0.717) is 5.69 Å². The number of aromatic nitrogens is 3. The highest BCUT2D eigenvalue weighted by Gasteiger charge is 2.30. The van der Waals surface area contributed by atoms with E-state index in [2.05, 4.69) is 15.5 Å². The summed E-state index contributed by atoms with van der Waals surface area (Å²) >= 11 is 0. The third-order valence-corrected chi connectivity index (χ3v) is 5.16. The first-order valence-corrected chi connectivity index (χ1v) is 9.39. The van der Waals surface area contributed by atoms with Gasteiger partial charge in [0.05, 0.1) is 12.1 Å². The molecular weight excluding hydrogens is 383 g/mol. The second-order valence-electron chi connectivity index (χ2n) is 7.16. The number of rotatable bonds is 4. The molecule has 0 aliphatic carbocycles. The van der Waals surface area contributed by atoms with Crippen molar-refractivity contribution in [2.75, 3.05) is 25.0 Å². The minimum Gasteiger partial charge on any atom is -0.325 e. The Bertz CT molecular complexity index is 991. The lowest BCUT2D eigenvalue weighted by Crippen LogP contribution is -2.39. The minimum absolute atomic E-state index is 0.203. The van der Waals surface area contributed by atoms with E-state index >= 15 is 0 Å². The molecule has 3 heterocycles. The van der Waals surface area contributed by atoms with Crippen molar-refractivity contribution in [2.24, 2.45) is 0 Å². The topological polar surface area (TPSA) is 62.5 Å². The first kappa shape index (κ1) is 19.4. The number of benzene rings is 1. The summed E-state index contributed by atoms with van der Waals surface area (Å²) < 4.78 is 39.8. The van der Waals surface area contributed by atoms with Crippen molar-refractivity contribution in [3.63, 3.8) is 0 Å². The van der Waals surface area contributed by atoms with Crippen LogP contribution in [0.3, 0.4) is 0 Å². The number of alkyl halides is 3. The summed E-state index contributed by atoms with van der Waals surface area (Å²) in [5.41, 5.74) is 0.437. The Morgan fingerprint density at radius 3 is 2.48 bits per heavy atom. The largest absolute Gasteiger partial charge is 0.416 e. The van der Waals surface area contributed by atoms with E-state index in [0.717, 1.165) is 49.5 Å². The first-order chi connectivity index (χ1) is 13.9. The van der Waals surface area contributed by atoms with Crippen LogP contribution in [0.5, 0.6) is 0 Å². The van der Waals surface area contributed by atoms with Crippen molar-refractivity contribution in [1.29, 1.82) is 0 Å². The average Bonchev–Trinajstić information content (AvgIpc) is 3.12. The van der Waals surface area contributed by atoms with Gasteiger partial charge in [0.25, 0.3) is 0 Å². The van der Waals surface area contributed by atoms with Crippen LogP contribution in [0.4, 0.5) is 18.9 Å². The van der Waals surface area contributed by atoms with E-state index in [4.69, 9.17) is 0 Å². The highest BCUT2D eigenvalue weighted by Crippen LogP contribution is 2.30. The minimum atomic E-state index is -4.39. The number of hydrogen-bond donors (Lipinski definition) is 1. The number of carbonyl (C=O) groups excluding carboxylic acids is 1. The quantitative estimate of drug-likeness (QED) is 0.724. The molecule has 0 saturated carbocycles. The Morgan fingerprint density at radius 2 is 1.79 bits per heavy atom. The molecule has 1 saturated heterocycles. The van der Waals surface area contributed by atoms with E-state index < -0.39 is 11.7 Å². The number of carbonyl (C=O) groups is 1. The zero-order chi connectivity index (χ0) is 20.4. The van der Waals surface area contributed by atoms with Crippen LogP contribution in [0, 0.1) is 0 Å². The maximum atomic E-state index is 12.6. The lowest BCUT2D eigenvalue weighted by atomic mass is 9.96. The van der Waals surface area contributed by atoms with Crippen molar-refractivity contribution in [3.05, 3.63) is 60.0 Å². The van der Waals surface area contributed by atoms with Crippen molar-refractivity contribution < 1.29 is 18.0 Å². The molecule has 0 spiro atoms. The normalized spacial score (nSPS) is 16.2. The third-order valence-electron chi connectivity index (χ3n) is 5.16. The smallest absolute Gasteiger partial charge is 0.325 e. The summed E-state index contributed by atoms with van der Waals surface area (Å²) in [6.07, 6.45) is -0.705. The predicted octanol–water partition coefficient (Wildman–Crippen LogP) is 3.57. The zero-order valence-electron chi connectivity index (χ0n) is 15.6. The summed E-state index contributed by atoms with van der Waals surface area (Å²) in [5, 5.41) is 11.2. The fraction of sp³-hybridized carbons (Fsp3) is 0.350. The molecule has 3 aromatic rings. The number of hydrogen-bond acceptors (Lipinski definition) is 4. The Balaban J connectivity index is 1.30. The van der Waals surface area contributed by atoms with Crippen molar-refractivity contribution in [1.82, 2.24) is 19.5 Å². The molecule has 1 aromatic carbocycles. The van der Waals surface area contributed by atoms with Crippen molar-refractivity contribution in [2.45, 2.75) is 24.9 Å². The van der Waals surface area contributed by atoms with Crippen LogP contribution >= 0.6 is 0 Å². The highest BCUT2D eigenvalue weighted by molar-refractivity contribution is 5.92. The fourth-order valence-electron chi connectivity index (χ4n) is 3.63. The van der Waals surface area contributed by atoms with Gasteiger partial charge in [-0.15, -0.1) is 10.2 Å².